The lowest BCUT2D eigenvalue weighted by atomic mass is 10.0. The van der Waals surface area contributed by atoms with Crippen molar-refractivity contribution < 1.29 is 17.6 Å². The van der Waals surface area contributed by atoms with Crippen LogP contribution in [0.2, 0.25) is 0 Å². The number of hydrogen-bond donors (Lipinski definition) is 2. The number of aryl methyl sites for hydroxylation is 1. The molecule has 0 fully saturated rings. The lowest BCUT2D eigenvalue weighted by molar-refractivity contribution is 0.103. The lowest BCUT2D eigenvalue weighted by Gasteiger charge is -2.17. The number of H-pyrrole nitrogens is 1. The van der Waals surface area contributed by atoms with Crippen LogP contribution in [0.3, 0.4) is 0 Å². The van der Waals surface area contributed by atoms with E-state index in [0.29, 0.717) is 11.0 Å². The third kappa shape index (κ3) is 4.35. The Labute approximate surface area is 190 Å². The SMILES string of the molecule is CCN(C)S(=O)(=O)Nc1cccc(C(=O)c2c[nH]c3ncc(-c4ccc(C)nc4)cc23)c1F. The molecule has 170 valence electrons. The van der Waals surface area contributed by atoms with Gasteiger partial charge in [0.05, 0.1) is 11.3 Å². The second-order valence-corrected chi connectivity index (χ2v) is 9.31. The predicted molar refractivity (Wildman–Crippen MR) is 125 cm³/mol. The van der Waals surface area contributed by atoms with Gasteiger partial charge in [-0.05, 0) is 31.2 Å². The number of nitrogens with zero attached hydrogens (tertiary/aromatic N) is 3. The van der Waals surface area contributed by atoms with Gasteiger partial charge in [-0.3, -0.25) is 14.5 Å². The van der Waals surface area contributed by atoms with Crippen LogP contribution in [0.4, 0.5) is 10.1 Å². The number of pyridine rings is 2. The molecule has 8 nitrogen and oxygen atoms in total. The Kier molecular flexibility index (Phi) is 5.96. The molecule has 0 radical (unpaired) electrons. The van der Waals surface area contributed by atoms with Crippen molar-refractivity contribution in [3.8, 4) is 11.1 Å². The zero-order chi connectivity index (χ0) is 23.8. The molecular weight excluding hydrogens is 445 g/mol. The fraction of sp³-hybridized carbons (Fsp3) is 0.174. The predicted octanol–water partition coefficient (Wildman–Crippen LogP) is 3.91. The molecule has 1 aromatic carbocycles. The number of aromatic nitrogens is 3. The first kappa shape index (κ1) is 22.6. The maximum Gasteiger partial charge on any atom is 0.301 e. The topological polar surface area (TPSA) is 108 Å². The Hall–Kier alpha value is -3.63. The first-order chi connectivity index (χ1) is 15.7. The fourth-order valence-electron chi connectivity index (χ4n) is 3.31. The second kappa shape index (κ2) is 8.72. The number of carbonyl (C=O) groups excluding carboxylic acids is 1. The van der Waals surface area contributed by atoms with Gasteiger partial charge in [-0.1, -0.05) is 19.1 Å². The van der Waals surface area contributed by atoms with E-state index in [9.17, 15) is 13.2 Å². The van der Waals surface area contributed by atoms with E-state index in [1.807, 2.05) is 19.1 Å². The van der Waals surface area contributed by atoms with Gasteiger partial charge in [0.1, 0.15) is 5.65 Å². The molecule has 0 bridgehead atoms. The van der Waals surface area contributed by atoms with Gasteiger partial charge in [-0.15, -0.1) is 0 Å². The van der Waals surface area contributed by atoms with Gasteiger partial charge in [0.25, 0.3) is 0 Å². The molecule has 4 rings (SSSR count). The summed E-state index contributed by atoms with van der Waals surface area (Å²) in [5, 5.41) is 0.522. The van der Waals surface area contributed by atoms with Crippen LogP contribution in [0.1, 0.15) is 28.5 Å². The van der Waals surface area contributed by atoms with Crippen molar-refractivity contribution in [1.82, 2.24) is 19.3 Å². The first-order valence-electron chi connectivity index (χ1n) is 10.2. The molecule has 0 saturated carbocycles. The fourth-order valence-corrected chi connectivity index (χ4v) is 4.24. The Morgan fingerprint density at radius 3 is 2.58 bits per heavy atom. The quantitative estimate of drug-likeness (QED) is 0.401. The number of ketones is 1. The van der Waals surface area contributed by atoms with E-state index in [2.05, 4.69) is 19.7 Å². The molecule has 2 N–H and O–H groups in total. The van der Waals surface area contributed by atoms with Gasteiger partial charge >= 0.3 is 10.2 Å². The smallest absolute Gasteiger partial charge is 0.301 e. The highest BCUT2D eigenvalue weighted by molar-refractivity contribution is 7.90. The van der Waals surface area contributed by atoms with E-state index < -0.39 is 21.8 Å². The van der Waals surface area contributed by atoms with Gasteiger partial charge in [0, 0.05) is 60.0 Å². The third-order valence-electron chi connectivity index (χ3n) is 5.36. The van der Waals surface area contributed by atoms with Crippen molar-refractivity contribution in [2.24, 2.45) is 0 Å². The molecule has 0 atom stereocenters. The number of fused-ring (bicyclic) bond motifs is 1. The van der Waals surface area contributed by atoms with E-state index in [0.717, 1.165) is 21.1 Å². The summed E-state index contributed by atoms with van der Waals surface area (Å²) in [4.78, 5) is 24.8. The highest BCUT2D eigenvalue weighted by Crippen LogP contribution is 2.28. The number of benzene rings is 1. The molecule has 0 amide bonds. The van der Waals surface area contributed by atoms with Crippen LogP contribution in [0.25, 0.3) is 22.2 Å². The van der Waals surface area contributed by atoms with Gasteiger partial charge in [-0.2, -0.15) is 12.7 Å². The molecule has 0 saturated heterocycles. The van der Waals surface area contributed by atoms with Crippen molar-refractivity contribution in [2.45, 2.75) is 13.8 Å². The minimum atomic E-state index is -3.95. The number of rotatable bonds is 7. The van der Waals surface area contributed by atoms with Crippen LogP contribution in [-0.4, -0.2) is 47.1 Å². The molecule has 0 aliphatic rings. The van der Waals surface area contributed by atoms with Crippen molar-refractivity contribution in [1.29, 1.82) is 0 Å². The Bertz CT molecular complexity index is 1450. The minimum Gasteiger partial charge on any atom is -0.345 e. The largest absolute Gasteiger partial charge is 0.345 e. The zero-order valence-corrected chi connectivity index (χ0v) is 19.1. The van der Waals surface area contributed by atoms with Gasteiger partial charge < -0.3 is 4.98 Å². The van der Waals surface area contributed by atoms with Crippen LogP contribution in [0, 0.1) is 12.7 Å². The number of hydrogen-bond acceptors (Lipinski definition) is 5. The van der Waals surface area contributed by atoms with Crippen molar-refractivity contribution in [3.05, 3.63) is 77.6 Å². The Balaban J connectivity index is 1.73. The maximum absolute atomic E-state index is 15.2. The molecule has 0 aliphatic heterocycles. The molecule has 3 heterocycles. The van der Waals surface area contributed by atoms with E-state index in [1.165, 1.54) is 31.4 Å². The van der Waals surface area contributed by atoms with Crippen LogP contribution in [0.5, 0.6) is 0 Å². The monoisotopic (exact) mass is 467 g/mol. The summed E-state index contributed by atoms with van der Waals surface area (Å²) in [7, 11) is -2.58. The van der Waals surface area contributed by atoms with Crippen molar-refractivity contribution >= 4 is 32.7 Å². The molecule has 33 heavy (non-hydrogen) atoms. The average Bonchev–Trinajstić information content (AvgIpc) is 3.23. The Morgan fingerprint density at radius 2 is 1.88 bits per heavy atom. The van der Waals surface area contributed by atoms with Gasteiger partial charge in [-0.25, -0.2) is 9.37 Å². The summed E-state index contributed by atoms with van der Waals surface area (Å²) < 4.78 is 43.0. The van der Waals surface area contributed by atoms with Crippen LogP contribution in [-0.2, 0) is 10.2 Å². The Morgan fingerprint density at radius 1 is 1.12 bits per heavy atom. The van der Waals surface area contributed by atoms with E-state index in [1.54, 1.807) is 25.4 Å². The van der Waals surface area contributed by atoms with Gasteiger partial charge in [0.15, 0.2) is 11.6 Å². The highest BCUT2D eigenvalue weighted by atomic mass is 32.2. The van der Waals surface area contributed by atoms with Crippen LogP contribution < -0.4 is 4.72 Å². The minimum absolute atomic E-state index is 0.205. The standard InChI is InChI=1S/C23H22FN5O3S/c1-4-29(3)33(31,32)28-20-7-5-6-17(21(20)24)22(30)19-13-27-23-18(19)10-16(12-26-23)15-9-8-14(2)25-11-15/h5-13,28H,4H2,1-3H3,(H,26,27). The number of carbonyl (C=O) groups is 1. The number of aromatic amines is 1. The van der Waals surface area contributed by atoms with Gasteiger partial charge in [0.2, 0.25) is 0 Å². The number of anilines is 1. The zero-order valence-electron chi connectivity index (χ0n) is 18.3. The third-order valence-corrected chi connectivity index (χ3v) is 6.92. The summed E-state index contributed by atoms with van der Waals surface area (Å²) >= 11 is 0. The molecule has 0 aliphatic carbocycles. The molecule has 0 unspecified atom stereocenters. The average molecular weight is 468 g/mol. The summed E-state index contributed by atoms with van der Waals surface area (Å²) in [6.07, 6.45) is 4.85. The summed E-state index contributed by atoms with van der Waals surface area (Å²) in [6.45, 7) is 3.75. The number of halogens is 1. The maximum atomic E-state index is 15.2. The molecular formula is C23H22FN5O3S. The summed E-state index contributed by atoms with van der Waals surface area (Å²) in [6, 6.07) is 9.59. The van der Waals surface area contributed by atoms with E-state index in [-0.39, 0.29) is 23.4 Å². The van der Waals surface area contributed by atoms with E-state index in [4.69, 9.17) is 0 Å². The molecule has 3 aromatic heterocycles. The molecule has 0 spiro atoms. The van der Waals surface area contributed by atoms with E-state index >= 15 is 4.39 Å². The highest BCUT2D eigenvalue weighted by Gasteiger charge is 2.23. The summed E-state index contributed by atoms with van der Waals surface area (Å²) in [5.41, 5.74) is 2.61. The van der Waals surface area contributed by atoms with Crippen molar-refractivity contribution in [3.63, 3.8) is 0 Å². The molecule has 4 aromatic rings. The normalized spacial score (nSPS) is 11.8. The first-order valence-corrected chi connectivity index (χ1v) is 11.6. The summed E-state index contributed by atoms with van der Waals surface area (Å²) in [5.74, 6) is -1.54. The molecule has 10 heteroatoms. The number of nitrogens with one attached hydrogen (secondary N) is 2. The van der Waals surface area contributed by atoms with Crippen molar-refractivity contribution in [2.75, 3.05) is 18.3 Å². The van der Waals surface area contributed by atoms with Crippen LogP contribution in [0.15, 0.2) is 55.0 Å². The van der Waals surface area contributed by atoms with Crippen LogP contribution >= 0.6 is 0 Å². The second-order valence-electron chi connectivity index (χ2n) is 7.53. The lowest BCUT2D eigenvalue weighted by Crippen LogP contribution is -2.32.